The van der Waals surface area contributed by atoms with Crippen LogP contribution >= 0.6 is 0 Å². The van der Waals surface area contributed by atoms with Gasteiger partial charge in [0, 0.05) is 6.61 Å². The molecule has 3 aliphatic rings. The molecule has 1 aliphatic heterocycles. The van der Waals surface area contributed by atoms with Crippen LogP contribution in [0.5, 0.6) is 5.75 Å². The molecule has 6 heteroatoms. The first-order chi connectivity index (χ1) is 16.5. The second kappa shape index (κ2) is 11.9. The van der Waals surface area contributed by atoms with Gasteiger partial charge in [0.15, 0.2) is 12.9 Å². The minimum absolute atomic E-state index is 0.0834. The van der Waals surface area contributed by atoms with E-state index in [1.165, 1.54) is 24.8 Å². The number of benzene rings is 1. The van der Waals surface area contributed by atoms with E-state index in [0.717, 1.165) is 76.4 Å². The zero-order valence-corrected chi connectivity index (χ0v) is 20.7. The lowest BCUT2D eigenvalue weighted by Crippen LogP contribution is -2.31. The van der Waals surface area contributed by atoms with Crippen LogP contribution in [0.3, 0.4) is 0 Å². The molecule has 1 aromatic carbocycles. The smallest absolute Gasteiger partial charge is 0.341 e. The summed E-state index contributed by atoms with van der Waals surface area (Å²) in [6.07, 6.45) is 13.0. The molecule has 2 aliphatic carbocycles. The van der Waals surface area contributed by atoms with Gasteiger partial charge in [0.25, 0.3) is 0 Å². The normalized spacial score (nSPS) is 29.3. The van der Waals surface area contributed by atoms with Gasteiger partial charge in [-0.25, -0.2) is 4.79 Å². The number of carboxylic acid groups (broad SMARTS) is 1. The average Bonchev–Trinajstić information content (AvgIpc) is 3.15. The van der Waals surface area contributed by atoms with Gasteiger partial charge >= 0.3 is 5.97 Å². The minimum Gasteiger partial charge on any atom is -0.482 e. The summed E-state index contributed by atoms with van der Waals surface area (Å²) in [6, 6.07) is 5.94. The van der Waals surface area contributed by atoms with Crippen LogP contribution in [0.4, 0.5) is 0 Å². The van der Waals surface area contributed by atoms with E-state index in [2.05, 4.69) is 13.0 Å². The fourth-order valence-corrected chi connectivity index (χ4v) is 6.29. The molecule has 34 heavy (non-hydrogen) atoms. The Balaban J connectivity index is 1.35. The van der Waals surface area contributed by atoms with Crippen molar-refractivity contribution in [3.05, 3.63) is 29.3 Å². The van der Waals surface area contributed by atoms with Crippen molar-refractivity contribution in [3.8, 4) is 5.75 Å². The van der Waals surface area contributed by atoms with E-state index in [4.69, 9.17) is 19.3 Å². The maximum atomic E-state index is 11.6. The van der Waals surface area contributed by atoms with Crippen LogP contribution in [-0.4, -0.2) is 47.4 Å². The standard InChI is InChI=1S/C28H42O6/c1-2-3-4-9-23(34-27-11-5-6-14-32-27)12-13-28(31)17-21-15-20-8-7-10-25(33-19-26(29)30)24(20)16-22(21)18-28/h7-8,10,21-23,27,31H,2-6,9,11-19H2,1H3,(H,29,30)/t21-,22+,23-,27?,28+/m1/s1. The number of hydrogen-bond donors (Lipinski definition) is 2. The highest BCUT2D eigenvalue weighted by molar-refractivity contribution is 5.68. The van der Waals surface area contributed by atoms with Gasteiger partial charge in [0.2, 0.25) is 0 Å². The van der Waals surface area contributed by atoms with Crippen LogP contribution in [-0.2, 0) is 27.1 Å². The molecule has 2 N–H and O–H groups in total. The Hall–Kier alpha value is -1.63. The SMILES string of the molecule is CCCCC[C@H](CC[C@]1(O)C[C@H]2Cc3cccc(OCC(=O)O)c3C[C@H]2C1)OC1CCCCO1. The van der Waals surface area contributed by atoms with Crippen LogP contribution in [0.15, 0.2) is 18.2 Å². The van der Waals surface area contributed by atoms with Crippen molar-refractivity contribution in [2.45, 2.75) is 108 Å². The van der Waals surface area contributed by atoms with Crippen LogP contribution in [0.2, 0.25) is 0 Å². The summed E-state index contributed by atoms with van der Waals surface area (Å²) in [5.41, 5.74) is 1.72. The monoisotopic (exact) mass is 474 g/mol. The molecule has 5 atom stereocenters. The Morgan fingerprint density at radius 2 is 2.00 bits per heavy atom. The number of fused-ring (bicyclic) bond motifs is 2. The van der Waals surface area contributed by atoms with Gasteiger partial charge in [-0.2, -0.15) is 0 Å². The number of ether oxygens (including phenoxy) is 3. The molecule has 1 aromatic rings. The molecule has 0 bridgehead atoms. The lowest BCUT2D eigenvalue weighted by atomic mass is 9.77. The van der Waals surface area contributed by atoms with E-state index in [1.54, 1.807) is 0 Å². The maximum absolute atomic E-state index is 11.6. The van der Waals surface area contributed by atoms with E-state index < -0.39 is 11.6 Å². The number of carbonyl (C=O) groups is 1. The first kappa shape index (κ1) is 25.5. The second-order valence-corrected chi connectivity index (χ2v) is 10.7. The predicted molar refractivity (Wildman–Crippen MR) is 130 cm³/mol. The summed E-state index contributed by atoms with van der Waals surface area (Å²) >= 11 is 0. The quantitative estimate of drug-likeness (QED) is 0.401. The van der Waals surface area contributed by atoms with E-state index in [-0.39, 0.29) is 19.0 Å². The average molecular weight is 475 g/mol. The first-order valence-corrected chi connectivity index (χ1v) is 13.4. The molecular formula is C28H42O6. The molecule has 2 fully saturated rings. The van der Waals surface area contributed by atoms with Crippen molar-refractivity contribution in [1.29, 1.82) is 0 Å². The lowest BCUT2D eigenvalue weighted by Gasteiger charge is -2.30. The molecule has 190 valence electrons. The fraction of sp³-hybridized carbons (Fsp3) is 0.750. The summed E-state index contributed by atoms with van der Waals surface area (Å²) < 4.78 is 17.8. The molecule has 1 heterocycles. The van der Waals surface area contributed by atoms with Crippen LogP contribution in [0, 0.1) is 11.8 Å². The molecule has 0 aromatic heterocycles. The Bertz CT molecular complexity index is 804. The Kier molecular flexibility index (Phi) is 8.89. The van der Waals surface area contributed by atoms with E-state index in [1.807, 2.05) is 12.1 Å². The van der Waals surface area contributed by atoms with Crippen molar-refractivity contribution >= 4 is 5.97 Å². The first-order valence-electron chi connectivity index (χ1n) is 13.4. The minimum atomic E-state index is -0.962. The largest absolute Gasteiger partial charge is 0.482 e. The van der Waals surface area contributed by atoms with E-state index in [0.29, 0.717) is 17.6 Å². The lowest BCUT2D eigenvalue weighted by molar-refractivity contribution is -0.192. The third-order valence-corrected chi connectivity index (χ3v) is 8.02. The Labute approximate surface area is 204 Å². The highest BCUT2D eigenvalue weighted by Gasteiger charge is 2.46. The highest BCUT2D eigenvalue weighted by Crippen LogP contribution is 2.49. The predicted octanol–water partition coefficient (Wildman–Crippen LogP) is 5.28. The zero-order chi connectivity index (χ0) is 24.0. The van der Waals surface area contributed by atoms with Gasteiger partial charge in [-0.05, 0) is 93.2 Å². The molecular weight excluding hydrogens is 432 g/mol. The number of hydrogen-bond acceptors (Lipinski definition) is 5. The van der Waals surface area contributed by atoms with Crippen LogP contribution < -0.4 is 4.74 Å². The van der Waals surface area contributed by atoms with Crippen LogP contribution in [0.25, 0.3) is 0 Å². The van der Waals surface area contributed by atoms with Gasteiger partial charge in [-0.15, -0.1) is 0 Å². The molecule has 6 nitrogen and oxygen atoms in total. The highest BCUT2D eigenvalue weighted by atomic mass is 16.7. The van der Waals surface area contributed by atoms with Crippen molar-refractivity contribution in [1.82, 2.24) is 0 Å². The molecule has 4 rings (SSSR count). The van der Waals surface area contributed by atoms with Crippen molar-refractivity contribution in [2.24, 2.45) is 11.8 Å². The zero-order valence-electron chi connectivity index (χ0n) is 20.7. The van der Waals surface area contributed by atoms with Crippen LogP contribution in [0.1, 0.15) is 88.7 Å². The number of rotatable bonds is 12. The number of unbranched alkanes of at least 4 members (excludes halogenated alkanes) is 2. The number of aliphatic hydroxyl groups is 1. The third-order valence-electron chi connectivity index (χ3n) is 8.02. The molecule has 1 saturated heterocycles. The fourth-order valence-electron chi connectivity index (χ4n) is 6.29. The van der Waals surface area contributed by atoms with Crippen molar-refractivity contribution < 1.29 is 29.2 Å². The summed E-state index contributed by atoms with van der Waals surface area (Å²) in [5, 5.41) is 20.6. The molecule has 1 saturated carbocycles. The van der Waals surface area contributed by atoms with Crippen molar-refractivity contribution in [2.75, 3.05) is 13.2 Å². The molecule has 0 amide bonds. The summed E-state index contributed by atoms with van der Waals surface area (Å²) in [6.45, 7) is 2.69. The summed E-state index contributed by atoms with van der Waals surface area (Å²) in [5.74, 6) is 0.600. The van der Waals surface area contributed by atoms with Gasteiger partial charge in [0.1, 0.15) is 5.75 Å². The second-order valence-electron chi connectivity index (χ2n) is 10.7. The van der Waals surface area contributed by atoms with Gasteiger partial charge in [-0.1, -0.05) is 38.3 Å². The molecule has 0 spiro atoms. The molecule has 0 radical (unpaired) electrons. The van der Waals surface area contributed by atoms with E-state index >= 15 is 0 Å². The Morgan fingerprint density at radius 1 is 1.18 bits per heavy atom. The van der Waals surface area contributed by atoms with Gasteiger partial charge < -0.3 is 24.4 Å². The third kappa shape index (κ3) is 6.73. The summed E-state index contributed by atoms with van der Waals surface area (Å²) in [4.78, 5) is 11.0. The van der Waals surface area contributed by atoms with Crippen molar-refractivity contribution in [3.63, 3.8) is 0 Å². The number of carboxylic acids is 1. The molecule has 1 unspecified atom stereocenters. The van der Waals surface area contributed by atoms with Gasteiger partial charge in [-0.3, -0.25) is 0 Å². The topological polar surface area (TPSA) is 85.2 Å². The number of aliphatic carboxylic acids is 1. The summed E-state index contributed by atoms with van der Waals surface area (Å²) in [7, 11) is 0. The van der Waals surface area contributed by atoms with E-state index in [9.17, 15) is 9.90 Å². The van der Waals surface area contributed by atoms with Gasteiger partial charge in [0.05, 0.1) is 11.7 Å². The maximum Gasteiger partial charge on any atom is 0.341 e. The Morgan fingerprint density at radius 3 is 2.74 bits per heavy atom.